The number of carbonyl (C=O) groups is 2. The molecule has 4 nitrogen and oxygen atoms in total. The topological polar surface area (TPSA) is 62.0 Å². The first-order chi connectivity index (χ1) is 13.4. The van der Waals surface area contributed by atoms with E-state index >= 15 is 0 Å². The Morgan fingerprint density at radius 3 is 1.82 bits per heavy atom. The molecule has 0 radical (unpaired) electrons. The average Bonchev–Trinajstić information content (AvgIpc) is 2.98. The van der Waals surface area contributed by atoms with Crippen LogP contribution in [0.2, 0.25) is 0 Å². The first kappa shape index (κ1) is 19.6. The lowest BCUT2D eigenvalue weighted by molar-refractivity contribution is 0.0931. The third kappa shape index (κ3) is 3.91. The molecular weight excluding hydrogens is 348 g/mol. The fourth-order valence-electron chi connectivity index (χ4n) is 3.96. The van der Waals surface area contributed by atoms with E-state index < -0.39 is 0 Å². The van der Waals surface area contributed by atoms with Crippen LogP contribution in [0.15, 0.2) is 60.7 Å². The molecular formula is C24H26N2O2. The van der Waals surface area contributed by atoms with Gasteiger partial charge < -0.3 is 10.3 Å². The molecule has 0 saturated carbocycles. The molecule has 0 aliphatic heterocycles. The number of ketones is 1. The monoisotopic (exact) mass is 374 g/mol. The molecule has 28 heavy (non-hydrogen) atoms. The molecule has 144 valence electrons. The van der Waals surface area contributed by atoms with Gasteiger partial charge in [-0.2, -0.15) is 0 Å². The van der Waals surface area contributed by atoms with E-state index in [1.54, 1.807) is 0 Å². The summed E-state index contributed by atoms with van der Waals surface area (Å²) >= 11 is 0. The second kappa shape index (κ2) is 8.26. The molecule has 0 bridgehead atoms. The first-order valence-electron chi connectivity index (χ1n) is 9.51. The number of aromatic amines is 1. The highest BCUT2D eigenvalue weighted by molar-refractivity contribution is 6.02. The highest BCUT2D eigenvalue weighted by Crippen LogP contribution is 2.28. The first-order valence-corrected chi connectivity index (χ1v) is 9.51. The summed E-state index contributed by atoms with van der Waals surface area (Å²) in [5, 5.41) is 3.13. The van der Waals surface area contributed by atoms with Crippen molar-refractivity contribution in [3.63, 3.8) is 0 Å². The summed E-state index contributed by atoms with van der Waals surface area (Å²) in [4.78, 5) is 27.9. The molecule has 0 unspecified atom stereocenters. The highest BCUT2D eigenvalue weighted by Gasteiger charge is 2.26. The van der Waals surface area contributed by atoms with Crippen molar-refractivity contribution in [3.05, 3.63) is 94.3 Å². The Hall–Kier alpha value is -3.14. The van der Waals surface area contributed by atoms with Crippen LogP contribution in [0.3, 0.4) is 0 Å². The summed E-state index contributed by atoms with van der Waals surface area (Å²) in [5.41, 5.74) is 4.77. The van der Waals surface area contributed by atoms with Crippen molar-refractivity contribution in [2.45, 2.75) is 39.7 Å². The average molecular weight is 374 g/mol. The number of amides is 1. The SMILES string of the molecule is CC(=O)c1c(C)[nH]c(C(=O)N[C@@H](C)C(c2ccccc2)c2ccccc2)c1C. The van der Waals surface area contributed by atoms with Crippen LogP contribution < -0.4 is 5.32 Å². The minimum atomic E-state index is -0.197. The zero-order chi connectivity index (χ0) is 20.3. The molecule has 4 heteroatoms. The number of hydrogen-bond donors (Lipinski definition) is 2. The largest absolute Gasteiger partial charge is 0.354 e. The summed E-state index contributed by atoms with van der Waals surface area (Å²) in [6.45, 7) is 7.17. The molecule has 0 aliphatic carbocycles. The molecule has 0 fully saturated rings. The van der Waals surface area contributed by atoms with Crippen molar-refractivity contribution < 1.29 is 9.59 Å². The van der Waals surface area contributed by atoms with E-state index in [0.29, 0.717) is 16.8 Å². The maximum Gasteiger partial charge on any atom is 0.268 e. The van der Waals surface area contributed by atoms with Gasteiger partial charge in [0.1, 0.15) is 5.69 Å². The fraction of sp³-hybridized carbons (Fsp3) is 0.250. The van der Waals surface area contributed by atoms with Crippen molar-refractivity contribution >= 4 is 11.7 Å². The van der Waals surface area contributed by atoms with Gasteiger partial charge in [0.25, 0.3) is 5.91 Å². The van der Waals surface area contributed by atoms with E-state index in [-0.39, 0.29) is 23.7 Å². The Morgan fingerprint density at radius 1 is 0.893 bits per heavy atom. The molecule has 0 saturated heterocycles. The van der Waals surface area contributed by atoms with Crippen LogP contribution in [0, 0.1) is 13.8 Å². The van der Waals surface area contributed by atoms with Gasteiger partial charge >= 0.3 is 0 Å². The number of rotatable bonds is 6. The summed E-state index contributed by atoms with van der Waals surface area (Å²) in [7, 11) is 0. The Labute approximate surface area is 166 Å². The number of H-pyrrole nitrogens is 1. The molecule has 1 aromatic heterocycles. The van der Waals surface area contributed by atoms with E-state index in [2.05, 4.69) is 34.6 Å². The van der Waals surface area contributed by atoms with Gasteiger partial charge in [0.05, 0.1) is 0 Å². The van der Waals surface area contributed by atoms with Gasteiger partial charge in [-0.05, 0) is 44.4 Å². The van der Waals surface area contributed by atoms with Crippen LogP contribution in [-0.4, -0.2) is 22.7 Å². The summed E-state index contributed by atoms with van der Waals surface area (Å²) < 4.78 is 0. The van der Waals surface area contributed by atoms with E-state index in [1.165, 1.54) is 6.92 Å². The van der Waals surface area contributed by atoms with E-state index in [9.17, 15) is 9.59 Å². The van der Waals surface area contributed by atoms with Gasteiger partial charge in [-0.1, -0.05) is 60.7 Å². The standard InChI is InChI=1S/C24H26N2O2/c1-15-21(18(4)27)16(2)25-23(15)24(28)26-17(3)22(19-11-7-5-8-12-19)20-13-9-6-10-14-20/h5-14,17,22,25H,1-4H3,(H,26,28)/t17-/m0/s1. The van der Waals surface area contributed by atoms with Crippen LogP contribution in [0.1, 0.15) is 63.0 Å². The van der Waals surface area contributed by atoms with Crippen molar-refractivity contribution in [2.75, 3.05) is 0 Å². The maximum absolute atomic E-state index is 13.0. The number of hydrogen-bond acceptors (Lipinski definition) is 2. The number of aromatic nitrogens is 1. The third-order valence-corrected chi connectivity index (χ3v) is 5.19. The quantitative estimate of drug-likeness (QED) is 0.610. The van der Waals surface area contributed by atoms with Crippen LogP contribution in [0.4, 0.5) is 0 Å². The Bertz CT molecular complexity index is 935. The summed E-state index contributed by atoms with van der Waals surface area (Å²) in [5.74, 6) is -0.211. The van der Waals surface area contributed by atoms with Gasteiger partial charge in [-0.25, -0.2) is 0 Å². The zero-order valence-corrected chi connectivity index (χ0v) is 16.7. The van der Waals surface area contributed by atoms with Crippen molar-refractivity contribution in [3.8, 4) is 0 Å². The fourth-order valence-corrected chi connectivity index (χ4v) is 3.96. The van der Waals surface area contributed by atoms with Gasteiger partial charge in [-0.3, -0.25) is 9.59 Å². The number of Topliss-reactive ketones (excluding diaryl/α,β-unsaturated/α-hetero) is 1. The van der Waals surface area contributed by atoms with Crippen molar-refractivity contribution in [2.24, 2.45) is 0 Å². The van der Waals surface area contributed by atoms with Gasteiger partial charge in [0, 0.05) is 23.2 Å². The molecule has 1 heterocycles. The molecule has 1 atom stereocenters. The van der Waals surface area contributed by atoms with E-state index in [1.807, 2.05) is 57.2 Å². The van der Waals surface area contributed by atoms with Crippen LogP contribution >= 0.6 is 0 Å². The number of aryl methyl sites for hydroxylation is 1. The van der Waals surface area contributed by atoms with E-state index in [0.717, 1.165) is 16.8 Å². The predicted molar refractivity (Wildman–Crippen MR) is 112 cm³/mol. The summed E-state index contributed by atoms with van der Waals surface area (Å²) in [6, 6.07) is 20.2. The van der Waals surface area contributed by atoms with Gasteiger partial charge in [-0.15, -0.1) is 0 Å². The Kier molecular flexibility index (Phi) is 5.78. The number of benzene rings is 2. The predicted octanol–water partition coefficient (Wildman–Crippen LogP) is 4.78. The Morgan fingerprint density at radius 2 is 1.39 bits per heavy atom. The molecule has 2 aromatic carbocycles. The third-order valence-electron chi connectivity index (χ3n) is 5.19. The number of carbonyl (C=O) groups excluding carboxylic acids is 2. The zero-order valence-electron chi connectivity index (χ0n) is 16.7. The van der Waals surface area contributed by atoms with E-state index in [4.69, 9.17) is 0 Å². The molecule has 1 amide bonds. The smallest absolute Gasteiger partial charge is 0.268 e. The summed E-state index contributed by atoms with van der Waals surface area (Å²) in [6.07, 6.45) is 0. The van der Waals surface area contributed by atoms with Crippen LogP contribution in [-0.2, 0) is 0 Å². The lowest BCUT2D eigenvalue weighted by Gasteiger charge is -2.26. The van der Waals surface area contributed by atoms with Crippen molar-refractivity contribution in [1.29, 1.82) is 0 Å². The lowest BCUT2D eigenvalue weighted by Crippen LogP contribution is -2.38. The molecule has 2 N–H and O–H groups in total. The minimum Gasteiger partial charge on any atom is -0.354 e. The van der Waals surface area contributed by atoms with Gasteiger partial charge in [0.2, 0.25) is 0 Å². The normalized spacial score (nSPS) is 12.0. The molecule has 3 rings (SSSR count). The molecule has 0 aliphatic rings. The second-order valence-corrected chi connectivity index (χ2v) is 7.24. The van der Waals surface area contributed by atoms with Crippen LogP contribution in [0.25, 0.3) is 0 Å². The lowest BCUT2D eigenvalue weighted by atomic mass is 9.85. The van der Waals surface area contributed by atoms with Gasteiger partial charge in [0.15, 0.2) is 5.78 Å². The maximum atomic E-state index is 13.0. The highest BCUT2D eigenvalue weighted by atomic mass is 16.2. The van der Waals surface area contributed by atoms with Crippen molar-refractivity contribution in [1.82, 2.24) is 10.3 Å². The minimum absolute atomic E-state index is 0.0231. The Balaban J connectivity index is 1.91. The molecule has 3 aromatic rings. The van der Waals surface area contributed by atoms with Crippen LogP contribution in [0.5, 0.6) is 0 Å². The second-order valence-electron chi connectivity index (χ2n) is 7.24. The molecule has 0 spiro atoms. The number of nitrogens with one attached hydrogen (secondary N) is 2.